The van der Waals surface area contributed by atoms with Gasteiger partial charge in [-0.3, -0.25) is 19.7 Å². The van der Waals surface area contributed by atoms with E-state index in [2.05, 4.69) is 5.32 Å². The molecule has 0 radical (unpaired) electrons. The second kappa shape index (κ2) is 6.60. The zero-order valence-corrected chi connectivity index (χ0v) is 10.6. The summed E-state index contributed by atoms with van der Waals surface area (Å²) in [6.07, 6.45) is -0.321. The lowest BCUT2D eigenvalue weighted by atomic mass is 10.0. The molecule has 1 atom stereocenters. The van der Waals surface area contributed by atoms with E-state index in [9.17, 15) is 24.1 Å². The highest BCUT2D eigenvalue weighted by molar-refractivity contribution is 5.93. The summed E-state index contributed by atoms with van der Waals surface area (Å²) in [7, 11) is 0. The number of carboxylic acids is 1. The highest BCUT2D eigenvalue weighted by Crippen LogP contribution is 2.25. The molecular formula is C12H13FN2O5. The van der Waals surface area contributed by atoms with E-state index in [1.807, 2.05) is 0 Å². The Morgan fingerprint density at radius 3 is 2.65 bits per heavy atom. The third-order valence-electron chi connectivity index (χ3n) is 2.49. The number of anilines is 1. The van der Waals surface area contributed by atoms with Gasteiger partial charge >= 0.3 is 5.97 Å². The molecule has 20 heavy (non-hydrogen) atoms. The maximum Gasteiger partial charge on any atom is 0.303 e. The van der Waals surface area contributed by atoms with E-state index in [0.29, 0.717) is 0 Å². The van der Waals surface area contributed by atoms with Crippen LogP contribution in [-0.2, 0) is 9.59 Å². The molecule has 1 rings (SSSR count). The maximum absolute atomic E-state index is 13.0. The molecule has 0 aromatic heterocycles. The fraction of sp³-hybridized carbons (Fsp3) is 0.333. The van der Waals surface area contributed by atoms with Crippen molar-refractivity contribution in [1.82, 2.24) is 0 Å². The van der Waals surface area contributed by atoms with Crippen molar-refractivity contribution >= 4 is 23.3 Å². The van der Waals surface area contributed by atoms with Gasteiger partial charge in [0.25, 0.3) is 5.69 Å². The van der Waals surface area contributed by atoms with Gasteiger partial charge in [-0.2, -0.15) is 0 Å². The Balaban J connectivity index is 2.77. The minimum absolute atomic E-state index is 0.125. The van der Waals surface area contributed by atoms with Crippen LogP contribution in [0.1, 0.15) is 19.8 Å². The predicted molar refractivity (Wildman–Crippen MR) is 67.7 cm³/mol. The number of amides is 1. The molecular weight excluding hydrogens is 271 g/mol. The van der Waals surface area contributed by atoms with Gasteiger partial charge in [-0.1, -0.05) is 6.92 Å². The number of carbonyl (C=O) groups is 2. The van der Waals surface area contributed by atoms with E-state index < -0.39 is 34.2 Å². The molecule has 1 aromatic rings. The topological polar surface area (TPSA) is 110 Å². The molecule has 0 spiro atoms. The first-order valence-electron chi connectivity index (χ1n) is 5.75. The third-order valence-corrected chi connectivity index (χ3v) is 2.49. The molecule has 0 aliphatic carbocycles. The van der Waals surface area contributed by atoms with Crippen molar-refractivity contribution in [3.8, 4) is 0 Å². The SMILES string of the molecule is CC(CC(=O)O)CC(=O)Nc1cc(F)ccc1[N+](=O)[O-]. The van der Waals surface area contributed by atoms with Crippen molar-refractivity contribution in [3.63, 3.8) is 0 Å². The van der Waals surface area contributed by atoms with Gasteiger partial charge < -0.3 is 10.4 Å². The van der Waals surface area contributed by atoms with Crippen LogP contribution >= 0.6 is 0 Å². The second-order valence-electron chi connectivity index (χ2n) is 4.37. The molecule has 0 aliphatic rings. The molecule has 0 saturated carbocycles. The summed E-state index contributed by atoms with van der Waals surface area (Å²) in [5.41, 5.74) is -0.673. The summed E-state index contributed by atoms with van der Waals surface area (Å²) < 4.78 is 13.0. The van der Waals surface area contributed by atoms with Gasteiger partial charge in [-0.05, 0) is 12.0 Å². The summed E-state index contributed by atoms with van der Waals surface area (Å²) in [6, 6.07) is 2.71. The number of nitrogens with zero attached hydrogens (tertiary/aromatic N) is 1. The molecule has 1 unspecified atom stereocenters. The minimum atomic E-state index is -1.04. The molecule has 2 N–H and O–H groups in total. The Labute approximate surface area is 113 Å². The van der Waals surface area contributed by atoms with Gasteiger partial charge in [-0.15, -0.1) is 0 Å². The molecule has 1 aromatic carbocycles. The Kier molecular flexibility index (Phi) is 5.13. The number of aliphatic carboxylic acids is 1. The van der Waals surface area contributed by atoms with E-state index in [1.165, 1.54) is 0 Å². The Bertz CT molecular complexity index is 547. The van der Waals surface area contributed by atoms with Crippen LogP contribution in [0.5, 0.6) is 0 Å². The Morgan fingerprint density at radius 1 is 1.45 bits per heavy atom. The van der Waals surface area contributed by atoms with E-state index in [4.69, 9.17) is 5.11 Å². The van der Waals surface area contributed by atoms with Gasteiger partial charge in [0.2, 0.25) is 5.91 Å². The van der Waals surface area contributed by atoms with Crippen LogP contribution < -0.4 is 5.32 Å². The molecule has 0 aliphatic heterocycles. The molecule has 1 amide bonds. The Morgan fingerprint density at radius 2 is 2.10 bits per heavy atom. The zero-order chi connectivity index (χ0) is 15.3. The number of nitro groups is 1. The van der Waals surface area contributed by atoms with Crippen LogP contribution in [-0.4, -0.2) is 21.9 Å². The number of hydrogen-bond donors (Lipinski definition) is 2. The number of nitro benzene ring substituents is 1. The van der Waals surface area contributed by atoms with Gasteiger partial charge in [0.1, 0.15) is 11.5 Å². The van der Waals surface area contributed by atoms with E-state index in [0.717, 1.165) is 18.2 Å². The molecule has 0 bridgehead atoms. The standard InChI is InChI=1S/C12H13FN2O5/c1-7(5-12(17)18)4-11(16)14-9-6-8(13)2-3-10(9)15(19)20/h2-3,6-7H,4-5H2,1H3,(H,14,16)(H,17,18). The number of nitrogens with one attached hydrogen (secondary N) is 1. The van der Waals surface area contributed by atoms with Crippen LogP contribution in [0.2, 0.25) is 0 Å². The largest absolute Gasteiger partial charge is 0.481 e. The normalized spacial score (nSPS) is 11.7. The van der Waals surface area contributed by atoms with E-state index in [-0.39, 0.29) is 18.5 Å². The van der Waals surface area contributed by atoms with Crippen LogP contribution in [0.25, 0.3) is 0 Å². The average Bonchev–Trinajstić information content (AvgIpc) is 2.26. The summed E-state index contributed by atoms with van der Waals surface area (Å²) in [6.45, 7) is 1.56. The van der Waals surface area contributed by atoms with Gasteiger partial charge in [0.05, 0.1) is 4.92 Å². The number of benzene rings is 1. The smallest absolute Gasteiger partial charge is 0.303 e. The summed E-state index contributed by atoms with van der Waals surface area (Å²) in [5.74, 6) is -2.79. The van der Waals surface area contributed by atoms with Crippen LogP contribution in [0.15, 0.2) is 18.2 Å². The van der Waals surface area contributed by atoms with Crippen LogP contribution in [0.4, 0.5) is 15.8 Å². The first-order chi connectivity index (χ1) is 9.29. The number of carbonyl (C=O) groups excluding carboxylic acids is 1. The van der Waals surface area contributed by atoms with Gasteiger partial charge in [0, 0.05) is 25.0 Å². The molecule has 108 valence electrons. The predicted octanol–water partition coefficient (Wildman–Crippen LogP) is 2.17. The first-order valence-corrected chi connectivity index (χ1v) is 5.75. The van der Waals surface area contributed by atoms with Gasteiger partial charge in [0.15, 0.2) is 0 Å². The fourth-order valence-electron chi connectivity index (χ4n) is 1.66. The first kappa shape index (κ1) is 15.5. The fourth-order valence-corrected chi connectivity index (χ4v) is 1.66. The average molecular weight is 284 g/mol. The Hall–Kier alpha value is -2.51. The van der Waals surface area contributed by atoms with Crippen molar-refractivity contribution in [2.45, 2.75) is 19.8 Å². The van der Waals surface area contributed by atoms with Crippen molar-refractivity contribution in [2.75, 3.05) is 5.32 Å². The van der Waals surface area contributed by atoms with E-state index >= 15 is 0 Å². The van der Waals surface area contributed by atoms with Crippen molar-refractivity contribution in [3.05, 3.63) is 34.1 Å². The van der Waals surface area contributed by atoms with Crippen LogP contribution in [0, 0.1) is 21.8 Å². The number of hydrogen-bond acceptors (Lipinski definition) is 4. The van der Waals surface area contributed by atoms with Gasteiger partial charge in [-0.25, -0.2) is 4.39 Å². The van der Waals surface area contributed by atoms with E-state index in [1.54, 1.807) is 6.92 Å². The number of carboxylic acid groups (broad SMARTS) is 1. The molecule has 8 heteroatoms. The van der Waals surface area contributed by atoms with Crippen molar-refractivity contribution in [2.24, 2.45) is 5.92 Å². The second-order valence-corrected chi connectivity index (χ2v) is 4.37. The minimum Gasteiger partial charge on any atom is -0.481 e. The van der Waals surface area contributed by atoms with Crippen molar-refractivity contribution in [1.29, 1.82) is 0 Å². The number of rotatable bonds is 6. The van der Waals surface area contributed by atoms with Crippen molar-refractivity contribution < 1.29 is 24.0 Å². The summed E-state index contributed by atoms with van der Waals surface area (Å²) in [5, 5.41) is 21.5. The molecule has 7 nitrogen and oxygen atoms in total. The lowest BCUT2D eigenvalue weighted by Gasteiger charge is -2.09. The molecule has 0 saturated heterocycles. The monoisotopic (exact) mass is 284 g/mol. The summed E-state index contributed by atoms with van der Waals surface area (Å²) >= 11 is 0. The molecule has 0 fully saturated rings. The molecule has 0 heterocycles. The quantitative estimate of drug-likeness (QED) is 0.614. The number of halogens is 1. The zero-order valence-electron chi connectivity index (χ0n) is 10.6. The third kappa shape index (κ3) is 4.63. The lowest BCUT2D eigenvalue weighted by Crippen LogP contribution is -2.17. The summed E-state index contributed by atoms with van der Waals surface area (Å²) in [4.78, 5) is 32.1. The maximum atomic E-state index is 13.0. The van der Waals surface area contributed by atoms with Crippen LogP contribution in [0.3, 0.4) is 0 Å². The highest BCUT2D eigenvalue weighted by atomic mass is 19.1. The highest BCUT2D eigenvalue weighted by Gasteiger charge is 2.18. The lowest BCUT2D eigenvalue weighted by molar-refractivity contribution is -0.384.